The number of hydrogen-bond acceptors (Lipinski definition) is 3. The highest BCUT2D eigenvalue weighted by molar-refractivity contribution is 5.91. The molecule has 1 N–H and O–H groups in total. The topological polar surface area (TPSA) is 72.2 Å². The van der Waals surface area contributed by atoms with E-state index in [2.05, 4.69) is 5.32 Å². The summed E-state index contributed by atoms with van der Waals surface area (Å²) in [6.45, 7) is 0. The van der Waals surface area contributed by atoms with Crippen LogP contribution in [-0.4, -0.2) is 10.8 Å². The molecule has 1 aromatic rings. The largest absolute Gasteiger partial charge is 0.326 e. The molecule has 0 aromatic heterocycles. The van der Waals surface area contributed by atoms with Crippen molar-refractivity contribution < 1.29 is 14.1 Å². The van der Waals surface area contributed by atoms with E-state index < -0.39 is 16.4 Å². The summed E-state index contributed by atoms with van der Waals surface area (Å²) in [4.78, 5) is 21.9. The third-order valence-electron chi connectivity index (χ3n) is 4.76. The molecule has 0 radical (unpaired) electrons. The fourth-order valence-corrected chi connectivity index (χ4v) is 3.81. The molecule has 0 spiro atoms. The third-order valence-corrected chi connectivity index (χ3v) is 4.76. The zero-order chi connectivity index (χ0) is 15.0. The number of fused-ring (bicyclic) bond motifs is 2. The molecule has 0 aliphatic heterocycles. The third kappa shape index (κ3) is 2.89. The van der Waals surface area contributed by atoms with Gasteiger partial charge in [-0.05, 0) is 49.1 Å². The second kappa shape index (κ2) is 5.42. The van der Waals surface area contributed by atoms with Crippen LogP contribution in [0.25, 0.3) is 0 Å². The van der Waals surface area contributed by atoms with Crippen LogP contribution in [0.1, 0.15) is 32.1 Å². The van der Waals surface area contributed by atoms with Crippen molar-refractivity contribution in [2.75, 3.05) is 5.32 Å². The van der Waals surface area contributed by atoms with Gasteiger partial charge in [-0.15, -0.1) is 0 Å². The van der Waals surface area contributed by atoms with Gasteiger partial charge in [-0.25, -0.2) is 0 Å². The molecular formula is C15H17FN2O3. The minimum atomic E-state index is -0.897. The number of nitro benzene ring substituents is 1. The van der Waals surface area contributed by atoms with Gasteiger partial charge in [0.25, 0.3) is 0 Å². The Bertz CT molecular complexity index is 590. The summed E-state index contributed by atoms with van der Waals surface area (Å²) < 4.78 is 13.2. The number of hydrogen-bond donors (Lipinski definition) is 1. The van der Waals surface area contributed by atoms with Crippen molar-refractivity contribution in [3.63, 3.8) is 0 Å². The monoisotopic (exact) mass is 292 g/mol. The van der Waals surface area contributed by atoms with Gasteiger partial charge in [-0.2, -0.15) is 4.39 Å². The van der Waals surface area contributed by atoms with Crippen LogP contribution in [0, 0.1) is 33.7 Å². The summed E-state index contributed by atoms with van der Waals surface area (Å²) >= 11 is 0. The molecule has 1 aromatic carbocycles. The standard InChI is InChI=1S/C15H17FN2O3/c16-13-4-3-12(8-14(13)18(20)21)17-15(19)7-11-6-9-1-2-10(11)5-9/h3-4,8-11H,1-2,5-7H2,(H,17,19)/t9-,10-,11+/m1/s1. The summed E-state index contributed by atoms with van der Waals surface area (Å²) in [5.41, 5.74) is -0.344. The Morgan fingerprint density at radius 2 is 2.19 bits per heavy atom. The van der Waals surface area contributed by atoms with E-state index in [4.69, 9.17) is 0 Å². The van der Waals surface area contributed by atoms with Crippen LogP contribution >= 0.6 is 0 Å². The first kappa shape index (κ1) is 14.0. The Hall–Kier alpha value is -1.98. The average Bonchev–Trinajstić information content (AvgIpc) is 3.03. The van der Waals surface area contributed by atoms with Crippen LogP contribution in [-0.2, 0) is 4.79 Å². The second-order valence-corrected chi connectivity index (χ2v) is 6.11. The summed E-state index contributed by atoms with van der Waals surface area (Å²) in [7, 11) is 0. The maximum Gasteiger partial charge on any atom is 0.306 e. The van der Waals surface area contributed by atoms with Gasteiger partial charge in [0.1, 0.15) is 0 Å². The SMILES string of the molecule is O=C(C[C@@H]1C[C@@H]2CC[C@@H]1C2)Nc1ccc(F)c([N+](=O)[O-])c1. The van der Waals surface area contributed by atoms with Crippen molar-refractivity contribution in [2.24, 2.45) is 17.8 Å². The molecule has 0 unspecified atom stereocenters. The molecule has 2 aliphatic carbocycles. The van der Waals surface area contributed by atoms with E-state index in [0.717, 1.165) is 24.5 Å². The van der Waals surface area contributed by atoms with Gasteiger partial charge in [0, 0.05) is 18.2 Å². The number of halogens is 1. The van der Waals surface area contributed by atoms with Gasteiger partial charge >= 0.3 is 5.69 Å². The Balaban J connectivity index is 1.62. The van der Waals surface area contributed by atoms with Gasteiger partial charge in [0.05, 0.1) is 4.92 Å². The molecule has 6 heteroatoms. The van der Waals surface area contributed by atoms with E-state index in [1.54, 1.807) is 0 Å². The zero-order valence-corrected chi connectivity index (χ0v) is 11.5. The van der Waals surface area contributed by atoms with Crippen LogP contribution in [0.3, 0.4) is 0 Å². The van der Waals surface area contributed by atoms with Gasteiger partial charge in [-0.1, -0.05) is 6.42 Å². The number of nitrogens with one attached hydrogen (secondary N) is 1. The quantitative estimate of drug-likeness (QED) is 0.682. The molecular weight excluding hydrogens is 275 g/mol. The highest BCUT2D eigenvalue weighted by Gasteiger charge is 2.40. The number of amides is 1. The Kier molecular flexibility index (Phi) is 3.61. The molecule has 112 valence electrons. The van der Waals surface area contributed by atoms with Gasteiger partial charge in [-0.3, -0.25) is 14.9 Å². The highest BCUT2D eigenvalue weighted by atomic mass is 19.1. The van der Waals surface area contributed by atoms with E-state index in [1.807, 2.05) is 0 Å². The van der Waals surface area contributed by atoms with Crippen LogP contribution in [0.2, 0.25) is 0 Å². The number of anilines is 1. The lowest BCUT2D eigenvalue weighted by Crippen LogP contribution is -2.20. The predicted molar refractivity (Wildman–Crippen MR) is 75.2 cm³/mol. The molecule has 2 saturated carbocycles. The van der Waals surface area contributed by atoms with Crippen LogP contribution < -0.4 is 5.32 Å². The normalized spacial score (nSPS) is 26.8. The molecule has 0 heterocycles. The predicted octanol–water partition coefficient (Wildman–Crippen LogP) is 3.50. The van der Waals surface area contributed by atoms with Crippen molar-refractivity contribution in [1.29, 1.82) is 0 Å². The fourth-order valence-electron chi connectivity index (χ4n) is 3.81. The summed E-state index contributed by atoms with van der Waals surface area (Å²) in [6, 6.07) is 3.42. The van der Waals surface area contributed by atoms with Crippen molar-refractivity contribution in [2.45, 2.75) is 32.1 Å². The van der Waals surface area contributed by atoms with E-state index >= 15 is 0 Å². The first-order valence-corrected chi connectivity index (χ1v) is 7.26. The van der Waals surface area contributed by atoms with Crippen molar-refractivity contribution in [1.82, 2.24) is 0 Å². The van der Waals surface area contributed by atoms with Gasteiger partial charge in [0.15, 0.2) is 0 Å². The lowest BCUT2D eigenvalue weighted by Gasteiger charge is -2.20. The maximum absolute atomic E-state index is 13.2. The molecule has 1 amide bonds. The fraction of sp³-hybridized carbons (Fsp3) is 0.533. The molecule has 2 aliphatic rings. The molecule has 0 saturated heterocycles. The van der Waals surface area contributed by atoms with Gasteiger partial charge in [0.2, 0.25) is 11.7 Å². The maximum atomic E-state index is 13.2. The Morgan fingerprint density at radius 3 is 2.81 bits per heavy atom. The minimum absolute atomic E-state index is 0.145. The lowest BCUT2D eigenvalue weighted by atomic mass is 9.86. The molecule has 21 heavy (non-hydrogen) atoms. The summed E-state index contributed by atoms with van der Waals surface area (Å²) in [6.07, 6.45) is 5.30. The zero-order valence-electron chi connectivity index (χ0n) is 11.5. The number of benzene rings is 1. The number of nitrogens with zero attached hydrogens (tertiary/aromatic N) is 1. The summed E-state index contributed by atoms with van der Waals surface area (Å²) in [5, 5.41) is 13.3. The van der Waals surface area contributed by atoms with E-state index in [-0.39, 0.29) is 11.6 Å². The first-order chi connectivity index (χ1) is 10.0. The Labute approximate surface area is 121 Å². The average molecular weight is 292 g/mol. The number of nitro groups is 1. The molecule has 3 rings (SSSR count). The van der Waals surface area contributed by atoms with Crippen molar-refractivity contribution >= 4 is 17.3 Å². The second-order valence-electron chi connectivity index (χ2n) is 6.11. The van der Waals surface area contributed by atoms with Crippen molar-refractivity contribution in [3.8, 4) is 0 Å². The van der Waals surface area contributed by atoms with Crippen LogP contribution in [0.5, 0.6) is 0 Å². The highest BCUT2D eigenvalue weighted by Crippen LogP contribution is 2.49. The smallest absolute Gasteiger partial charge is 0.306 e. The van der Waals surface area contributed by atoms with E-state index in [9.17, 15) is 19.3 Å². The summed E-state index contributed by atoms with van der Waals surface area (Å²) in [5.74, 6) is 0.821. The molecule has 3 atom stereocenters. The first-order valence-electron chi connectivity index (χ1n) is 7.26. The number of carbonyl (C=O) groups is 1. The molecule has 2 bridgehead atoms. The van der Waals surface area contributed by atoms with E-state index in [0.29, 0.717) is 18.3 Å². The number of carbonyl (C=O) groups excluding carboxylic acids is 1. The lowest BCUT2D eigenvalue weighted by molar-refractivity contribution is -0.387. The van der Waals surface area contributed by atoms with E-state index in [1.165, 1.54) is 25.3 Å². The Morgan fingerprint density at radius 1 is 1.38 bits per heavy atom. The molecule has 2 fully saturated rings. The van der Waals surface area contributed by atoms with Crippen molar-refractivity contribution in [3.05, 3.63) is 34.1 Å². The van der Waals surface area contributed by atoms with Crippen LogP contribution in [0.4, 0.5) is 15.8 Å². The van der Waals surface area contributed by atoms with Gasteiger partial charge < -0.3 is 5.32 Å². The molecule has 5 nitrogen and oxygen atoms in total. The minimum Gasteiger partial charge on any atom is -0.326 e. The number of rotatable bonds is 4. The van der Waals surface area contributed by atoms with Crippen LogP contribution in [0.15, 0.2) is 18.2 Å².